The number of aromatic nitrogens is 1. The van der Waals surface area contributed by atoms with Crippen LogP contribution in [0.25, 0.3) is 0 Å². The molecule has 0 aromatic carbocycles. The van der Waals surface area contributed by atoms with E-state index in [0.717, 1.165) is 29.2 Å². The van der Waals surface area contributed by atoms with Crippen molar-refractivity contribution in [3.8, 4) is 0 Å². The molecule has 7 heteroatoms. The predicted octanol–water partition coefficient (Wildman–Crippen LogP) is 4.52. The second-order valence-corrected chi connectivity index (χ2v) is 9.91. The second kappa shape index (κ2) is 11.1. The van der Waals surface area contributed by atoms with Gasteiger partial charge in [0.05, 0.1) is 12.2 Å². The number of aliphatic imine (C=N–C) groups is 1. The van der Waals surface area contributed by atoms with Gasteiger partial charge in [0.2, 0.25) is 0 Å². The molecule has 1 aromatic rings. The Morgan fingerprint density at radius 2 is 1.89 bits per heavy atom. The first kappa shape index (κ1) is 23.9. The summed E-state index contributed by atoms with van der Waals surface area (Å²) >= 11 is 1.72. The number of piperidine rings is 1. The van der Waals surface area contributed by atoms with Gasteiger partial charge in [0, 0.05) is 42.5 Å². The van der Waals surface area contributed by atoms with Crippen LogP contribution in [0.4, 0.5) is 0 Å². The predicted molar refractivity (Wildman–Crippen MR) is 131 cm³/mol. The Hall–Kier alpha value is -0.410. The molecule has 0 atom stereocenters. The summed E-state index contributed by atoms with van der Waals surface area (Å²) in [6.45, 7) is 12.7. The van der Waals surface area contributed by atoms with Crippen molar-refractivity contribution in [3.63, 3.8) is 0 Å². The number of halogens is 1. The fraction of sp³-hybridized carbons (Fsp3) is 0.810. The van der Waals surface area contributed by atoms with Gasteiger partial charge in [0.25, 0.3) is 0 Å². The Morgan fingerprint density at radius 1 is 1.21 bits per heavy atom. The molecule has 0 unspecified atom stereocenters. The molecular formula is C21H38IN5S. The van der Waals surface area contributed by atoms with E-state index in [0.29, 0.717) is 12.6 Å². The first-order valence-electron chi connectivity index (χ1n) is 10.7. The quantitative estimate of drug-likeness (QED) is 0.341. The zero-order valence-electron chi connectivity index (χ0n) is 18.0. The van der Waals surface area contributed by atoms with Gasteiger partial charge in [-0.15, -0.1) is 35.3 Å². The van der Waals surface area contributed by atoms with Crippen molar-refractivity contribution in [1.29, 1.82) is 0 Å². The van der Waals surface area contributed by atoms with E-state index in [4.69, 9.17) is 9.98 Å². The van der Waals surface area contributed by atoms with Gasteiger partial charge in [0.1, 0.15) is 5.01 Å². The lowest BCUT2D eigenvalue weighted by molar-refractivity contribution is 0.150. The monoisotopic (exact) mass is 519 g/mol. The summed E-state index contributed by atoms with van der Waals surface area (Å²) in [5, 5.41) is 10.3. The first-order valence-corrected chi connectivity index (χ1v) is 11.6. The normalized spacial score (nSPS) is 20.2. The van der Waals surface area contributed by atoms with Crippen LogP contribution < -0.4 is 10.6 Å². The molecule has 1 saturated heterocycles. The summed E-state index contributed by atoms with van der Waals surface area (Å²) in [6, 6.07) is 1.39. The molecule has 28 heavy (non-hydrogen) atoms. The van der Waals surface area contributed by atoms with Crippen LogP contribution in [-0.2, 0) is 12.0 Å². The van der Waals surface area contributed by atoms with Gasteiger partial charge >= 0.3 is 0 Å². The molecule has 1 aliphatic heterocycles. The molecule has 2 N–H and O–H groups in total. The van der Waals surface area contributed by atoms with Crippen LogP contribution in [0.5, 0.6) is 0 Å². The van der Waals surface area contributed by atoms with E-state index in [-0.39, 0.29) is 29.4 Å². The molecule has 1 aromatic heterocycles. The van der Waals surface area contributed by atoms with Gasteiger partial charge in [-0.2, -0.15) is 0 Å². The minimum atomic E-state index is 0. The molecule has 1 aliphatic carbocycles. The summed E-state index contributed by atoms with van der Waals surface area (Å²) in [5.74, 6) is 0.935. The maximum absolute atomic E-state index is 4.80. The number of thiazole rings is 1. The Morgan fingerprint density at radius 3 is 2.46 bits per heavy atom. The lowest BCUT2D eigenvalue weighted by Gasteiger charge is -2.36. The number of nitrogens with one attached hydrogen (secondary N) is 2. The third kappa shape index (κ3) is 6.83. The van der Waals surface area contributed by atoms with E-state index in [1.165, 1.54) is 51.6 Å². The van der Waals surface area contributed by atoms with Gasteiger partial charge in [-0.3, -0.25) is 0 Å². The Balaban J connectivity index is 0.00000280. The summed E-state index contributed by atoms with van der Waals surface area (Å²) in [7, 11) is 0. The smallest absolute Gasteiger partial charge is 0.191 e. The highest BCUT2D eigenvalue weighted by molar-refractivity contribution is 14.0. The van der Waals surface area contributed by atoms with Crippen LogP contribution in [0.2, 0.25) is 0 Å². The third-order valence-corrected chi connectivity index (χ3v) is 6.58. The first-order chi connectivity index (χ1) is 13.0. The maximum atomic E-state index is 4.80. The minimum absolute atomic E-state index is 0. The SMILES string of the molecule is CCNC(=NCc1nc(C(C)(C)C)cs1)NC1CCN(C2CCCC2)CC1.I. The van der Waals surface area contributed by atoms with Crippen LogP contribution in [0, 0.1) is 0 Å². The minimum Gasteiger partial charge on any atom is -0.357 e. The van der Waals surface area contributed by atoms with Crippen molar-refractivity contribution in [3.05, 3.63) is 16.1 Å². The standard InChI is InChI=1S/C21H37N5S.HI/c1-5-22-20(23-14-19-25-18(15-27-19)21(2,3)4)24-16-10-12-26(13-11-16)17-8-6-7-9-17;/h15-17H,5-14H2,1-4H3,(H2,22,23,24);1H. The molecular weight excluding hydrogens is 481 g/mol. The molecule has 0 amide bonds. The highest BCUT2D eigenvalue weighted by Gasteiger charge is 2.27. The Bertz CT molecular complexity index is 611. The number of hydrogen-bond donors (Lipinski definition) is 2. The fourth-order valence-corrected chi connectivity index (χ4v) is 5.01. The van der Waals surface area contributed by atoms with E-state index in [2.05, 4.69) is 48.6 Å². The zero-order chi connectivity index (χ0) is 19.3. The Labute approximate surface area is 192 Å². The van der Waals surface area contributed by atoms with Crippen LogP contribution in [0.3, 0.4) is 0 Å². The van der Waals surface area contributed by atoms with E-state index >= 15 is 0 Å². The van der Waals surface area contributed by atoms with Crippen LogP contribution in [0.15, 0.2) is 10.4 Å². The lowest BCUT2D eigenvalue weighted by atomic mass is 9.93. The summed E-state index contributed by atoms with van der Waals surface area (Å²) in [5.41, 5.74) is 1.27. The molecule has 2 fully saturated rings. The Kier molecular flexibility index (Phi) is 9.47. The van der Waals surface area contributed by atoms with Gasteiger partial charge in [0.15, 0.2) is 5.96 Å². The lowest BCUT2D eigenvalue weighted by Crippen LogP contribution is -2.50. The molecule has 3 rings (SSSR count). The molecule has 0 spiro atoms. The van der Waals surface area contributed by atoms with Crippen molar-refractivity contribution in [1.82, 2.24) is 20.5 Å². The van der Waals surface area contributed by atoms with Crippen molar-refractivity contribution >= 4 is 41.3 Å². The number of hydrogen-bond acceptors (Lipinski definition) is 4. The van der Waals surface area contributed by atoms with E-state index in [9.17, 15) is 0 Å². The number of likely N-dealkylation sites (tertiary alicyclic amines) is 1. The highest BCUT2D eigenvalue weighted by atomic mass is 127. The van der Waals surface area contributed by atoms with Gasteiger partial charge in [-0.25, -0.2) is 9.98 Å². The van der Waals surface area contributed by atoms with E-state index in [1.54, 1.807) is 11.3 Å². The molecule has 5 nitrogen and oxygen atoms in total. The largest absolute Gasteiger partial charge is 0.357 e. The maximum Gasteiger partial charge on any atom is 0.191 e. The zero-order valence-corrected chi connectivity index (χ0v) is 21.1. The fourth-order valence-electron chi connectivity index (χ4n) is 4.07. The van der Waals surface area contributed by atoms with E-state index < -0.39 is 0 Å². The third-order valence-electron chi connectivity index (χ3n) is 5.75. The van der Waals surface area contributed by atoms with Crippen LogP contribution in [0.1, 0.15) is 76.9 Å². The molecule has 160 valence electrons. The van der Waals surface area contributed by atoms with Crippen molar-refractivity contribution < 1.29 is 0 Å². The topological polar surface area (TPSA) is 52.6 Å². The second-order valence-electron chi connectivity index (χ2n) is 8.96. The van der Waals surface area contributed by atoms with Gasteiger partial charge in [-0.1, -0.05) is 33.6 Å². The van der Waals surface area contributed by atoms with Crippen molar-refractivity contribution in [2.24, 2.45) is 4.99 Å². The number of nitrogens with zero attached hydrogens (tertiary/aromatic N) is 3. The molecule has 0 bridgehead atoms. The van der Waals surface area contributed by atoms with Crippen LogP contribution >= 0.6 is 35.3 Å². The van der Waals surface area contributed by atoms with Gasteiger partial charge in [-0.05, 0) is 32.6 Å². The average molecular weight is 520 g/mol. The van der Waals surface area contributed by atoms with Crippen molar-refractivity contribution in [2.75, 3.05) is 19.6 Å². The van der Waals surface area contributed by atoms with Crippen LogP contribution in [-0.4, -0.2) is 47.6 Å². The van der Waals surface area contributed by atoms with Gasteiger partial charge < -0.3 is 15.5 Å². The summed E-state index contributed by atoms with van der Waals surface area (Å²) in [6.07, 6.45) is 8.10. The number of rotatable bonds is 5. The highest BCUT2D eigenvalue weighted by Crippen LogP contribution is 2.26. The molecule has 0 radical (unpaired) electrons. The van der Waals surface area contributed by atoms with E-state index in [1.807, 2.05) is 0 Å². The average Bonchev–Trinajstić information content (AvgIpc) is 3.32. The molecule has 2 aliphatic rings. The van der Waals surface area contributed by atoms with Crippen molar-refractivity contribution in [2.45, 2.75) is 90.3 Å². The summed E-state index contributed by atoms with van der Waals surface area (Å²) in [4.78, 5) is 12.3. The summed E-state index contributed by atoms with van der Waals surface area (Å²) < 4.78 is 0. The molecule has 2 heterocycles. The number of guanidine groups is 1. The molecule has 1 saturated carbocycles.